The predicted octanol–water partition coefficient (Wildman–Crippen LogP) is 1.38. The van der Waals surface area contributed by atoms with E-state index < -0.39 is 0 Å². The van der Waals surface area contributed by atoms with Gasteiger partial charge in [0.1, 0.15) is 11.6 Å². The van der Waals surface area contributed by atoms with Crippen LogP contribution in [-0.2, 0) is 6.54 Å². The van der Waals surface area contributed by atoms with E-state index in [0.29, 0.717) is 18.1 Å². The van der Waals surface area contributed by atoms with Crippen molar-refractivity contribution in [3.63, 3.8) is 0 Å². The largest absolute Gasteiger partial charge is 0.361 e. The fourth-order valence-electron chi connectivity index (χ4n) is 2.24. The van der Waals surface area contributed by atoms with Gasteiger partial charge in [0.05, 0.1) is 24.1 Å². The molecule has 1 aliphatic rings. The van der Waals surface area contributed by atoms with E-state index in [1.54, 1.807) is 29.1 Å². The Balaban J connectivity index is 1.84. The van der Waals surface area contributed by atoms with E-state index in [9.17, 15) is 4.79 Å². The lowest BCUT2D eigenvalue weighted by molar-refractivity contribution is 0.240. The summed E-state index contributed by atoms with van der Waals surface area (Å²) in [5.41, 5.74) is 5.14. The van der Waals surface area contributed by atoms with Crippen molar-refractivity contribution in [3.05, 3.63) is 41.8 Å². The zero-order valence-electron chi connectivity index (χ0n) is 12.1. The van der Waals surface area contributed by atoms with Crippen molar-refractivity contribution in [2.45, 2.75) is 20.4 Å². The third kappa shape index (κ3) is 2.14. The van der Waals surface area contributed by atoms with Crippen molar-refractivity contribution < 1.29 is 9.32 Å². The standard InChI is InChI=1S/C13H16N6O2/c1-8-12(9(2)21-16-8)7-18-6-11(5-14-18)19-10(3)17(4)15-13(19)20/h5-6H,3,7H2,1-2,4H3,(H,15,20). The molecule has 1 saturated heterocycles. The number of hydrazine groups is 1. The highest BCUT2D eigenvalue weighted by atomic mass is 16.5. The van der Waals surface area contributed by atoms with Gasteiger partial charge in [-0.15, -0.1) is 0 Å². The van der Waals surface area contributed by atoms with Crippen molar-refractivity contribution in [2.75, 3.05) is 11.9 Å². The zero-order valence-corrected chi connectivity index (χ0v) is 12.1. The first-order valence-corrected chi connectivity index (χ1v) is 6.45. The minimum Gasteiger partial charge on any atom is -0.361 e. The molecule has 0 bridgehead atoms. The van der Waals surface area contributed by atoms with Crippen LogP contribution in [0.4, 0.5) is 10.5 Å². The Morgan fingerprint density at radius 3 is 2.76 bits per heavy atom. The lowest BCUT2D eigenvalue weighted by atomic mass is 10.2. The Hall–Kier alpha value is -2.77. The highest BCUT2D eigenvalue weighted by Crippen LogP contribution is 2.23. The Kier molecular flexibility index (Phi) is 2.93. The number of nitrogens with one attached hydrogen (secondary N) is 1. The number of hydrogen-bond acceptors (Lipinski definition) is 5. The summed E-state index contributed by atoms with van der Waals surface area (Å²) in [5, 5.41) is 9.76. The molecule has 1 aliphatic heterocycles. The molecule has 8 heteroatoms. The number of nitrogens with zero attached hydrogens (tertiary/aromatic N) is 5. The molecule has 2 amide bonds. The normalized spacial score (nSPS) is 15.0. The van der Waals surface area contributed by atoms with E-state index in [-0.39, 0.29) is 6.03 Å². The smallest absolute Gasteiger partial charge is 0.346 e. The molecule has 8 nitrogen and oxygen atoms in total. The molecule has 2 aromatic rings. The van der Waals surface area contributed by atoms with Crippen LogP contribution in [0.15, 0.2) is 29.3 Å². The number of carbonyl (C=O) groups is 1. The topological polar surface area (TPSA) is 79.4 Å². The van der Waals surface area contributed by atoms with Gasteiger partial charge >= 0.3 is 6.03 Å². The van der Waals surface area contributed by atoms with Crippen molar-refractivity contribution >= 4 is 11.7 Å². The molecule has 0 aromatic carbocycles. The molecule has 0 aliphatic carbocycles. The van der Waals surface area contributed by atoms with Crippen LogP contribution in [0.2, 0.25) is 0 Å². The molecule has 2 aromatic heterocycles. The monoisotopic (exact) mass is 288 g/mol. The molecule has 1 fully saturated rings. The summed E-state index contributed by atoms with van der Waals surface area (Å²) in [4.78, 5) is 13.3. The molecule has 0 radical (unpaired) electrons. The van der Waals surface area contributed by atoms with E-state index in [1.165, 1.54) is 4.90 Å². The maximum absolute atomic E-state index is 11.9. The minimum absolute atomic E-state index is 0.251. The van der Waals surface area contributed by atoms with Crippen molar-refractivity contribution in [2.24, 2.45) is 0 Å². The molecule has 3 heterocycles. The number of aromatic nitrogens is 3. The molecule has 3 rings (SSSR count). The van der Waals surface area contributed by atoms with Gasteiger partial charge in [-0.3, -0.25) is 9.69 Å². The maximum Gasteiger partial charge on any atom is 0.346 e. The number of anilines is 1. The van der Waals surface area contributed by atoms with Crippen LogP contribution < -0.4 is 10.3 Å². The van der Waals surface area contributed by atoms with Gasteiger partial charge in [-0.25, -0.2) is 15.1 Å². The SMILES string of the molecule is C=C1N(C)NC(=O)N1c1cnn(Cc2c(C)noc2C)c1. The van der Waals surface area contributed by atoms with Gasteiger partial charge in [-0.2, -0.15) is 5.10 Å². The molecule has 0 atom stereocenters. The fraction of sp³-hybridized carbons (Fsp3) is 0.308. The van der Waals surface area contributed by atoms with Gasteiger partial charge in [0.2, 0.25) is 0 Å². The molecule has 1 N–H and O–H groups in total. The van der Waals surface area contributed by atoms with Gasteiger partial charge in [0.15, 0.2) is 0 Å². The van der Waals surface area contributed by atoms with Crippen molar-refractivity contribution in [1.82, 2.24) is 25.4 Å². The highest BCUT2D eigenvalue weighted by molar-refractivity contribution is 5.96. The lowest BCUT2D eigenvalue weighted by Gasteiger charge is -2.14. The van der Waals surface area contributed by atoms with Crippen molar-refractivity contribution in [1.29, 1.82) is 0 Å². The maximum atomic E-state index is 11.9. The second-order valence-corrected chi connectivity index (χ2v) is 4.93. The van der Waals surface area contributed by atoms with Gasteiger partial charge in [-0.05, 0) is 13.8 Å². The molecular formula is C13H16N6O2. The zero-order chi connectivity index (χ0) is 15.1. The number of hydrogen-bond donors (Lipinski definition) is 1. The van der Waals surface area contributed by atoms with Gasteiger partial charge in [-0.1, -0.05) is 11.7 Å². The van der Waals surface area contributed by atoms with Gasteiger partial charge < -0.3 is 4.52 Å². The third-order valence-corrected chi connectivity index (χ3v) is 3.49. The third-order valence-electron chi connectivity index (χ3n) is 3.49. The minimum atomic E-state index is -0.251. The first-order valence-electron chi connectivity index (χ1n) is 6.45. The summed E-state index contributed by atoms with van der Waals surface area (Å²) in [6, 6.07) is -0.251. The Bertz CT molecular complexity index is 697. The summed E-state index contributed by atoms with van der Waals surface area (Å²) in [6.07, 6.45) is 3.41. The van der Waals surface area contributed by atoms with Gasteiger partial charge in [0, 0.05) is 18.8 Å². The number of urea groups is 1. The Morgan fingerprint density at radius 2 is 2.19 bits per heavy atom. The second-order valence-electron chi connectivity index (χ2n) is 4.93. The first-order chi connectivity index (χ1) is 9.97. The fourth-order valence-corrected chi connectivity index (χ4v) is 2.24. The lowest BCUT2D eigenvalue weighted by Crippen LogP contribution is -2.29. The number of amides is 2. The molecule has 0 spiro atoms. The first kappa shape index (κ1) is 13.2. The van der Waals surface area contributed by atoms with Gasteiger partial charge in [0.25, 0.3) is 0 Å². The van der Waals surface area contributed by atoms with E-state index in [0.717, 1.165) is 17.0 Å². The summed E-state index contributed by atoms with van der Waals surface area (Å²) in [6.45, 7) is 8.16. The molecule has 0 unspecified atom stereocenters. The van der Waals surface area contributed by atoms with Crippen LogP contribution in [0.5, 0.6) is 0 Å². The molecule has 21 heavy (non-hydrogen) atoms. The van der Waals surface area contributed by atoms with E-state index in [1.807, 2.05) is 13.8 Å². The van der Waals surface area contributed by atoms with E-state index >= 15 is 0 Å². The predicted molar refractivity (Wildman–Crippen MR) is 75.2 cm³/mol. The van der Waals surface area contributed by atoms with Crippen LogP contribution in [0.1, 0.15) is 17.0 Å². The molecule has 0 saturated carbocycles. The van der Waals surface area contributed by atoms with Crippen LogP contribution in [0, 0.1) is 13.8 Å². The number of carbonyl (C=O) groups excluding carboxylic acids is 1. The van der Waals surface area contributed by atoms with Crippen LogP contribution in [-0.4, -0.2) is 33.0 Å². The van der Waals surface area contributed by atoms with Crippen LogP contribution in [0.25, 0.3) is 0 Å². The number of rotatable bonds is 3. The summed E-state index contributed by atoms with van der Waals surface area (Å²) < 4.78 is 6.87. The quantitative estimate of drug-likeness (QED) is 0.923. The Morgan fingerprint density at radius 1 is 1.43 bits per heavy atom. The second kappa shape index (κ2) is 4.65. The average Bonchev–Trinajstić information content (AvgIpc) is 3.07. The summed E-state index contributed by atoms with van der Waals surface area (Å²) in [7, 11) is 1.73. The summed E-state index contributed by atoms with van der Waals surface area (Å²) >= 11 is 0. The van der Waals surface area contributed by atoms with Crippen LogP contribution in [0.3, 0.4) is 0 Å². The van der Waals surface area contributed by atoms with Crippen LogP contribution >= 0.6 is 0 Å². The summed E-state index contributed by atoms with van der Waals surface area (Å²) in [5.74, 6) is 1.32. The van der Waals surface area contributed by atoms with E-state index in [2.05, 4.69) is 22.3 Å². The number of aryl methyl sites for hydroxylation is 2. The Labute approximate surface area is 121 Å². The molecular weight excluding hydrogens is 272 g/mol. The van der Waals surface area contributed by atoms with Crippen molar-refractivity contribution in [3.8, 4) is 0 Å². The highest BCUT2D eigenvalue weighted by Gasteiger charge is 2.30. The van der Waals surface area contributed by atoms with E-state index in [4.69, 9.17) is 4.52 Å². The molecule has 110 valence electrons. The average molecular weight is 288 g/mol.